The molecule has 0 bridgehead atoms. The van der Waals surface area contributed by atoms with Gasteiger partial charge in [0.05, 0.1) is 4.90 Å². The van der Waals surface area contributed by atoms with Gasteiger partial charge in [0.1, 0.15) is 0 Å². The zero-order valence-electron chi connectivity index (χ0n) is 13.8. The Balaban J connectivity index is 1.80. The van der Waals surface area contributed by atoms with Crippen LogP contribution >= 0.6 is 15.9 Å². The standard InChI is InChI=1S/C18H21BrN2O2S/c1-14-7-9-16(10-8-14)21-12-11-20(13-15(21)2)24(22,23)18-6-4-3-5-17(18)19/h3-10,15H,11-13H2,1-2H3. The van der Waals surface area contributed by atoms with Gasteiger partial charge in [-0.2, -0.15) is 4.31 Å². The molecule has 1 atom stereocenters. The van der Waals surface area contributed by atoms with Crippen LogP contribution in [0.3, 0.4) is 0 Å². The van der Waals surface area contributed by atoms with Crippen LogP contribution in [0.1, 0.15) is 12.5 Å². The summed E-state index contributed by atoms with van der Waals surface area (Å²) in [6.45, 7) is 5.80. The molecule has 0 saturated carbocycles. The Morgan fingerprint density at radius 1 is 1.04 bits per heavy atom. The number of piperazine rings is 1. The molecule has 0 radical (unpaired) electrons. The minimum Gasteiger partial charge on any atom is -0.366 e. The Hall–Kier alpha value is -1.37. The summed E-state index contributed by atoms with van der Waals surface area (Å²) in [5.41, 5.74) is 2.37. The Labute approximate surface area is 152 Å². The van der Waals surface area contributed by atoms with E-state index >= 15 is 0 Å². The smallest absolute Gasteiger partial charge is 0.244 e. The fourth-order valence-corrected chi connectivity index (χ4v) is 5.53. The third-order valence-electron chi connectivity index (χ3n) is 4.41. The van der Waals surface area contributed by atoms with Crippen molar-refractivity contribution in [1.29, 1.82) is 0 Å². The summed E-state index contributed by atoms with van der Waals surface area (Å²) in [6, 6.07) is 15.5. The SMILES string of the molecule is Cc1ccc(N2CCN(S(=O)(=O)c3ccccc3Br)CC2C)cc1. The summed E-state index contributed by atoms with van der Waals surface area (Å²) in [6.07, 6.45) is 0. The molecule has 1 aliphatic heterocycles. The highest BCUT2D eigenvalue weighted by Gasteiger charge is 2.33. The van der Waals surface area contributed by atoms with Crippen LogP contribution in [-0.4, -0.2) is 38.4 Å². The predicted molar refractivity (Wildman–Crippen MR) is 101 cm³/mol. The molecular weight excluding hydrogens is 388 g/mol. The molecule has 24 heavy (non-hydrogen) atoms. The van der Waals surface area contributed by atoms with Crippen LogP contribution in [0, 0.1) is 6.92 Å². The lowest BCUT2D eigenvalue weighted by atomic mass is 10.1. The largest absolute Gasteiger partial charge is 0.366 e. The highest BCUT2D eigenvalue weighted by atomic mass is 79.9. The molecule has 0 aliphatic carbocycles. The maximum atomic E-state index is 12.9. The van der Waals surface area contributed by atoms with E-state index < -0.39 is 10.0 Å². The lowest BCUT2D eigenvalue weighted by Gasteiger charge is -2.40. The molecule has 1 aliphatic rings. The van der Waals surface area contributed by atoms with Gasteiger partial charge in [-0.25, -0.2) is 8.42 Å². The average Bonchev–Trinajstić information content (AvgIpc) is 2.56. The van der Waals surface area contributed by atoms with Crippen LogP contribution in [0.2, 0.25) is 0 Å². The maximum absolute atomic E-state index is 12.9. The van der Waals surface area contributed by atoms with Gasteiger partial charge >= 0.3 is 0 Å². The van der Waals surface area contributed by atoms with Crippen molar-refractivity contribution in [2.24, 2.45) is 0 Å². The van der Waals surface area contributed by atoms with Crippen LogP contribution in [0.25, 0.3) is 0 Å². The minimum atomic E-state index is -3.48. The highest BCUT2D eigenvalue weighted by molar-refractivity contribution is 9.10. The summed E-state index contributed by atoms with van der Waals surface area (Å²) in [4.78, 5) is 2.60. The van der Waals surface area contributed by atoms with Crippen LogP contribution in [0.5, 0.6) is 0 Å². The van der Waals surface area contributed by atoms with E-state index in [0.29, 0.717) is 29.0 Å². The zero-order valence-corrected chi connectivity index (χ0v) is 16.2. The fourth-order valence-electron chi connectivity index (χ4n) is 3.06. The quantitative estimate of drug-likeness (QED) is 0.777. The second-order valence-electron chi connectivity index (χ2n) is 6.17. The zero-order chi connectivity index (χ0) is 17.3. The Bertz CT molecular complexity index is 821. The predicted octanol–water partition coefficient (Wildman–Crippen LogP) is 3.66. The first-order valence-corrected chi connectivity index (χ1v) is 10.2. The van der Waals surface area contributed by atoms with Crippen molar-refractivity contribution in [2.45, 2.75) is 24.8 Å². The summed E-state index contributed by atoms with van der Waals surface area (Å²) in [5, 5.41) is 0. The van der Waals surface area contributed by atoms with Gasteiger partial charge in [0.25, 0.3) is 0 Å². The van der Waals surface area contributed by atoms with Crippen molar-refractivity contribution >= 4 is 31.6 Å². The normalized spacial score (nSPS) is 19.5. The first kappa shape index (κ1) is 17.5. The molecule has 1 fully saturated rings. The molecule has 128 valence electrons. The minimum absolute atomic E-state index is 0.124. The summed E-state index contributed by atoms with van der Waals surface area (Å²) >= 11 is 3.35. The number of aryl methyl sites for hydroxylation is 1. The van der Waals surface area contributed by atoms with Gasteiger partial charge in [0, 0.05) is 35.8 Å². The van der Waals surface area contributed by atoms with Crippen molar-refractivity contribution in [3.63, 3.8) is 0 Å². The van der Waals surface area contributed by atoms with Gasteiger partial charge in [0.2, 0.25) is 10.0 Å². The Morgan fingerprint density at radius 3 is 2.33 bits per heavy atom. The van der Waals surface area contributed by atoms with E-state index in [4.69, 9.17) is 0 Å². The van der Waals surface area contributed by atoms with Crippen molar-refractivity contribution in [2.75, 3.05) is 24.5 Å². The number of halogens is 1. The van der Waals surface area contributed by atoms with E-state index in [2.05, 4.69) is 58.9 Å². The molecule has 0 N–H and O–H groups in total. The van der Waals surface area contributed by atoms with E-state index in [-0.39, 0.29) is 6.04 Å². The second kappa shape index (κ2) is 6.86. The number of nitrogens with zero attached hydrogens (tertiary/aromatic N) is 2. The van der Waals surface area contributed by atoms with Gasteiger partial charge in [-0.05, 0) is 54.0 Å². The molecule has 1 saturated heterocycles. The lowest BCUT2D eigenvalue weighted by molar-refractivity contribution is 0.342. The molecule has 6 heteroatoms. The number of rotatable bonds is 3. The Morgan fingerprint density at radius 2 is 1.71 bits per heavy atom. The monoisotopic (exact) mass is 408 g/mol. The third kappa shape index (κ3) is 3.36. The van der Waals surface area contributed by atoms with E-state index in [1.165, 1.54) is 5.56 Å². The molecule has 0 aromatic heterocycles. The molecule has 0 amide bonds. The number of hydrogen-bond donors (Lipinski definition) is 0. The van der Waals surface area contributed by atoms with E-state index in [1.54, 1.807) is 22.5 Å². The first-order valence-electron chi connectivity index (χ1n) is 7.97. The Kier molecular flexibility index (Phi) is 4.99. The van der Waals surface area contributed by atoms with Crippen LogP contribution in [0.15, 0.2) is 57.9 Å². The molecule has 1 unspecified atom stereocenters. The summed E-state index contributed by atoms with van der Waals surface area (Å²) in [5.74, 6) is 0. The topological polar surface area (TPSA) is 40.6 Å². The molecule has 2 aromatic carbocycles. The van der Waals surface area contributed by atoms with Crippen LogP contribution < -0.4 is 4.90 Å². The van der Waals surface area contributed by atoms with Gasteiger partial charge in [-0.1, -0.05) is 29.8 Å². The molecule has 4 nitrogen and oxygen atoms in total. The summed E-state index contributed by atoms with van der Waals surface area (Å²) in [7, 11) is -3.48. The molecular formula is C18H21BrN2O2S. The summed E-state index contributed by atoms with van der Waals surface area (Å²) < 4.78 is 28.0. The van der Waals surface area contributed by atoms with Crippen molar-refractivity contribution in [3.05, 3.63) is 58.6 Å². The molecule has 0 spiro atoms. The van der Waals surface area contributed by atoms with Crippen LogP contribution in [-0.2, 0) is 10.0 Å². The van der Waals surface area contributed by atoms with Crippen LogP contribution in [0.4, 0.5) is 5.69 Å². The van der Waals surface area contributed by atoms with Gasteiger partial charge in [-0.15, -0.1) is 0 Å². The molecule has 3 rings (SSSR count). The van der Waals surface area contributed by atoms with E-state index in [9.17, 15) is 8.42 Å². The van der Waals surface area contributed by atoms with E-state index in [0.717, 1.165) is 5.69 Å². The number of hydrogen-bond acceptors (Lipinski definition) is 3. The van der Waals surface area contributed by atoms with Gasteiger partial charge < -0.3 is 4.90 Å². The van der Waals surface area contributed by atoms with Gasteiger partial charge in [-0.3, -0.25) is 0 Å². The van der Waals surface area contributed by atoms with Crippen molar-refractivity contribution < 1.29 is 8.42 Å². The lowest BCUT2D eigenvalue weighted by Crippen LogP contribution is -2.53. The number of anilines is 1. The average molecular weight is 409 g/mol. The maximum Gasteiger partial charge on any atom is 0.244 e. The van der Waals surface area contributed by atoms with Crippen molar-refractivity contribution in [1.82, 2.24) is 4.31 Å². The molecule has 1 heterocycles. The first-order chi connectivity index (χ1) is 11.4. The van der Waals surface area contributed by atoms with E-state index in [1.807, 2.05) is 6.07 Å². The molecule has 2 aromatic rings. The second-order valence-corrected chi connectivity index (χ2v) is 8.93. The number of benzene rings is 2. The third-order valence-corrected chi connectivity index (χ3v) is 7.29. The number of sulfonamides is 1. The van der Waals surface area contributed by atoms with Gasteiger partial charge in [0.15, 0.2) is 0 Å². The fraction of sp³-hybridized carbons (Fsp3) is 0.333. The highest BCUT2D eigenvalue weighted by Crippen LogP contribution is 2.28. The van der Waals surface area contributed by atoms with Crippen molar-refractivity contribution in [3.8, 4) is 0 Å².